The van der Waals surface area contributed by atoms with Gasteiger partial charge in [-0.3, -0.25) is 4.79 Å². The van der Waals surface area contributed by atoms with E-state index < -0.39 is 29.6 Å². The van der Waals surface area contributed by atoms with Crippen molar-refractivity contribution in [3.63, 3.8) is 0 Å². The van der Waals surface area contributed by atoms with Crippen LogP contribution in [0.3, 0.4) is 0 Å². The van der Waals surface area contributed by atoms with Gasteiger partial charge in [0.2, 0.25) is 5.91 Å². The molecule has 130 valence electrons. The van der Waals surface area contributed by atoms with Gasteiger partial charge in [0.25, 0.3) is 0 Å². The third kappa shape index (κ3) is 7.52. The van der Waals surface area contributed by atoms with Crippen LogP contribution >= 0.6 is 0 Å². The molecule has 0 aliphatic heterocycles. The fourth-order valence-electron chi connectivity index (χ4n) is 2.43. The van der Waals surface area contributed by atoms with Crippen LogP contribution in [-0.2, 0) is 11.2 Å². The average Bonchev–Trinajstić information content (AvgIpc) is 2.41. The molecule has 0 bridgehead atoms. The highest BCUT2D eigenvalue weighted by Crippen LogP contribution is 2.23. The Bertz CT molecular complexity index is 518. The lowest BCUT2D eigenvalue weighted by molar-refractivity contribution is -0.123. The second-order valence-electron chi connectivity index (χ2n) is 6.66. The number of hydrogen-bond acceptors (Lipinski definition) is 3. The minimum atomic E-state index is -1.40. The van der Waals surface area contributed by atoms with Gasteiger partial charge in [-0.2, -0.15) is 0 Å². The minimum absolute atomic E-state index is 0.0713. The van der Waals surface area contributed by atoms with Crippen LogP contribution in [0.4, 0.5) is 8.78 Å². The number of alkyl halides is 1. The molecule has 0 aromatic heterocycles. The summed E-state index contributed by atoms with van der Waals surface area (Å²) in [4.78, 5) is 11.5. The third-order valence-corrected chi connectivity index (χ3v) is 3.87. The summed E-state index contributed by atoms with van der Waals surface area (Å²) in [6, 6.07) is 5.31. The summed E-state index contributed by atoms with van der Waals surface area (Å²) in [5.74, 6) is -1.59. The van der Waals surface area contributed by atoms with Crippen molar-refractivity contribution in [1.29, 1.82) is 0 Å². The van der Waals surface area contributed by atoms with Crippen LogP contribution in [0.2, 0.25) is 0 Å². The molecule has 1 aromatic rings. The topological polar surface area (TPSA) is 89.3 Å². The molecule has 0 spiro atoms. The first-order valence-corrected chi connectivity index (χ1v) is 7.75. The number of aliphatic hydroxyl groups excluding tert-OH is 1. The first kappa shape index (κ1) is 19.5. The summed E-state index contributed by atoms with van der Waals surface area (Å²) >= 11 is 0. The minimum Gasteiger partial charge on any atom is -0.391 e. The van der Waals surface area contributed by atoms with Gasteiger partial charge in [0, 0.05) is 12.0 Å². The van der Waals surface area contributed by atoms with Crippen LogP contribution in [0.1, 0.15) is 38.7 Å². The van der Waals surface area contributed by atoms with E-state index in [-0.39, 0.29) is 31.5 Å². The van der Waals surface area contributed by atoms with E-state index in [1.54, 1.807) is 12.1 Å². The van der Waals surface area contributed by atoms with E-state index in [1.165, 1.54) is 26.0 Å². The molecular formula is C17H26F2N2O2. The number of primary amides is 1. The van der Waals surface area contributed by atoms with Crippen molar-refractivity contribution in [2.75, 3.05) is 0 Å². The maximum atomic E-state index is 13.6. The normalized spacial score (nSPS) is 15.9. The number of aliphatic hydroxyl groups is 1. The first-order valence-electron chi connectivity index (χ1n) is 7.75. The Labute approximate surface area is 135 Å². The van der Waals surface area contributed by atoms with Crippen LogP contribution in [0.15, 0.2) is 24.3 Å². The molecule has 4 nitrogen and oxygen atoms in total. The second-order valence-corrected chi connectivity index (χ2v) is 6.66. The quantitative estimate of drug-likeness (QED) is 0.648. The predicted molar refractivity (Wildman–Crippen MR) is 85.8 cm³/mol. The average molecular weight is 328 g/mol. The van der Waals surface area contributed by atoms with Crippen molar-refractivity contribution >= 4 is 5.91 Å². The zero-order chi connectivity index (χ0) is 17.6. The highest BCUT2D eigenvalue weighted by molar-refractivity contribution is 5.76. The fraction of sp³-hybridized carbons (Fsp3) is 0.588. The fourth-order valence-corrected chi connectivity index (χ4v) is 2.43. The Morgan fingerprint density at radius 2 is 2.04 bits per heavy atom. The van der Waals surface area contributed by atoms with E-state index in [4.69, 9.17) is 11.5 Å². The molecule has 1 amide bonds. The molecule has 0 aliphatic carbocycles. The van der Waals surface area contributed by atoms with Crippen LogP contribution in [0, 0.1) is 11.7 Å². The molecule has 0 saturated carbocycles. The lowest BCUT2D eigenvalue weighted by Gasteiger charge is -2.24. The Balaban J connectivity index is 2.59. The number of carbonyl (C=O) groups is 1. The summed E-state index contributed by atoms with van der Waals surface area (Å²) in [5.41, 5.74) is 10.5. The Morgan fingerprint density at radius 1 is 1.39 bits per heavy atom. The van der Waals surface area contributed by atoms with Crippen molar-refractivity contribution < 1.29 is 18.7 Å². The van der Waals surface area contributed by atoms with Gasteiger partial charge in [-0.15, -0.1) is 0 Å². The molecule has 0 saturated heterocycles. The molecule has 1 rings (SSSR count). The molecule has 0 heterocycles. The SMILES string of the molecule is CC(C)(F)CC[C@H](C[C@H](O)[C@@H](N)Cc1cccc(F)c1)C(N)=O. The van der Waals surface area contributed by atoms with Gasteiger partial charge in [0.1, 0.15) is 11.5 Å². The van der Waals surface area contributed by atoms with Gasteiger partial charge in [0.15, 0.2) is 0 Å². The van der Waals surface area contributed by atoms with Gasteiger partial charge in [-0.1, -0.05) is 12.1 Å². The van der Waals surface area contributed by atoms with E-state index in [2.05, 4.69) is 0 Å². The van der Waals surface area contributed by atoms with E-state index >= 15 is 0 Å². The maximum absolute atomic E-state index is 13.6. The standard InChI is InChI=1S/C17H26F2N2O2/c1-17(2,19)7-6-12(16(21)23)10-15(22)14(20)9-11-4-3-5-13(18)8-11/h3-5,8,12,14-15,22H,6-7,9-10,20H2,1-2H3,(H2,21,23)/t12-,14+,15+/m1/s1. The van der Waals surface area contributed by atoms with Crippen LogP contribution in [0.25, 0.3) is 0 Å². The summed E-state index contributed by atoms with van der Waals surface area (Å²) in [5, 5.41) is 10.2. The number of hydrogen-bond donors (Lipinski definition) is 3. The zero-order valence-corrected chi connectivity index (χ0v) is 13.6. The number of rotatable bonds is 9. The largest absolute Gasteiger partial charge is 0.391 e. The van der Waals surface area contributed by atoms with Gasteiger partial charge in [-0.25, -0.2) is 8.78 Å². The monoisotopic (exact) mass is 328 g/mol. The van der Waals surface area contributed by atoms with Crippen molar-refractivity contribution in [2.24, 2.45) is 17.4 Å². The molecule has 0 fully saturated rings. The van der Waals surface area contributed by atoms with Crippen LogP contribution in [0.5, 0.6) is 0 Å². The molecule has 1 aromatic carbocycles. The third-order valence-electron chi connectivity index (χ3n) is 3.87. The summed E-state index contributed by atoms with van der Waals surface area (Å²) in [6.45, 7) is 2.86. The second kappa shape index (κ2) is 8.36. The first-order chi connectivity index (χ1) is 10.6. The molecule has 0 aliphatic rings. The lowest BCUT2D eigenvalue weighted by atomic mass is 9.88. The molecular weight excluding hydrogens is 302 g/mol. The Hall–Kier alpha value is -1.53. The number of carbonyl (C=O) groups excluding carboxylic acids is 1. The van der Waals surface area contributed by atoms with Crippen LogP contribution in [-0.4, -0.2) is 28.8 Å². The molecule has 6 heteroatoms. The molecule has 23 heavy (non-hydrogen) atoms. The Kier molecular flexibility index (Phi) is 7.09. The van der Waals surface area contributed by atoms with Crippen LogP contribution < -0.4 is 11.5 Å². The van der Waals surface area contributed by atoms with E-state index in [9.17, 15) is 18.7 Å². The molecule has 0 radical (unpaired) electrons. The van der Waals surface area contributed by atoms with E-state index in [1.807, 2.05) is 0 Å². The highest BCUT2D eigenvalue weighted by atomic mass is 19.1. The maximum Gasteiger partial charge on any atom is 0.220 e. The van der Waals surface area contributed by atoms with Crippen molar-refractivity contribution in [2.45, 2.75) is 57.3 Å². The number of halogens is 2. The summed E-state index contributed by atoms with van der Waals surface area (Å²) < 4.78 is 26.7. The molecule has 3 atom stereocenters. The lowest BCUT2D eigenvalue weighted by Crippen LogP contribution is -2.40. The van der Waals surface area contributed by atoms with Crippen molar-refractivity contribution in [3.05, 3.63) is 35.6 Å². The van der Waals surface area contributed by atoms with E-state index in [0.717, 1.165) is 0 Å². The predicted octanol–water partition coefficient (Wildman–Crippen LogP) is 2.08. The summed E-state index contributed by atoms with van der Waals surface area (Å²) in [7, 11) is 0. The van der Waals surface area contributed by atoms with Crippen molar-refractivity contribution in [3.8, 4) is 0 Å². The van der Waals surface area contributed by atoms with Gasteiger partial charge in [0.05, 0.1) is 6.10 Å². The molecule has 5 N–H and O–H groups in total. The highest BCUT2D eigenvalue weighted by Gasteiger charge is 2.26. The van der Waals surface area contributed by atoms with E-state index in [0.29, 0.717) is 5.56 Å². The smallest absolute Gasteiger partial charge is 0.220 e. The molecule has 0 unspecified atom stereocenters. The van der Waals surface area contributed by atoms with Gasteiger partial charge < -0.3 is 16.6 Å². The van der Waals surface area contributed by atoms with Crippen molar-refractivity contribution in [1.82, 2.24) is 0 Å². The van der Waals surface area contributed by atoms with Gasteiger partial charge in [-0.05, 0) is 57.2 Å². The number of amides is 1. The number of benzene rings is 1. The summed E-state index contributed by atoms with van der Waals surface area (Å²) in [6.07, 6.45) is -0.200. The Morgan fingerprint density at radius 3 is 2.57 bits per heavy atom. The number of nitrogens with two attached hydrogens (primary N) is 2. The zero-order valence-electron chi connectivity index (χ0n) is 13.6. The van der Waals surface area contributed by atoms with Gasteiger partial charge >= 0.3 is 0 Å².